The van der Waals surface area contributed by atoms with Gasteiger partial charge in [0.2, 0.25) is 0 Å². The minimum Gasteiger partial charge on any atom is -0.478 e. The number of pyridine rings is 1. The molecule has 1 aromatic carbocycles. The van der Waals surface area contributed by atoms with E-state index in [-0.39, 0.29) is 0 Å². The molecule has 0 aliphatic heterocycles. The molecule has 0 spiro atoms. The monoisotopic (exact) mass is 394 g/mol. The number of carbonyl (C=O) groups is 1. The van der Waals surface area contributed by atoms with Crippen molar-refractivity contribution < 1.29 is 14.6 Å². The lowest BCUT2D eigenvalue weighted by atomic mass is 9.93. The Morgan fingerprint density at radius 2 is 1.90 bits per heavy atom. The quantitative estimate of drug-likeness (QED) is 0.583. The molecule has 2 N–H and O–H groups in total. The van der Waals surface area contributed by atoms with E-state index in [1.54, 1.807) is 13.8 Å². The Kier molecular flexibility index (Phi) is 5.44. The molecule has 3 rings (SSSR count). The summed E-state index contributed by atoms with van der Waals surface area (Å²) in [6.07, 6.45) is 2.77. The Hall–Kier alpha value is -2.82. The fourth-order valence-electron chi connectivity index (χ4n) is 3.58. The van der Waals surface area contributed by atoms with Crippen LogP contribution < -0.4 is 4.74 Å². The summed E-state index contributed by atoms with van der Waals surface area (Å²) in [6, 6.07) is 6.10. The Bertz CT molecular complexity index is 1080. The van der Waals surface area contributed by atoms with E-state index in [4.69, 9.17) is 9.72 Å². The number of aromatic nitrogens is 2. The van der Waals surface area contributed by atoms with Gasteiger partial charge in [-0.2, -0.15) is 0 Å². The van der Waals surface area contributed by atoms with E-state index in [1.165, 1.54) is 11.1 Å². The number of rotatable bonds is 6. The number of carboxylic acid groups (broad SMARTS) is 1. The van der Waals surface area contributed by atoms with E-state index >= 15 is 0 Å². The Morgan fingerprint density at radius 3 is 2.52 bits per heavy atom. The van der Waals surface area contributed by atoms with Crippen molar-refractivity contribution in [3.05, 3.63) is 57.9 Å². The maximum absolute atomic E-state index is 11.4. The molecule has 0 aliphatic carbocycles. The summed E-state index contributed by atoms with van der Waals surface area (Å²) in [4.78, 5) is 19.7. The first-order valence-corrected chi connectivity index (χ1v) is 10.00. The van der Waals surface area contributed by atoms with E-state index in [1.807, 2.05) is 26.1 Å². The van der Waals surface area contributed by atoms with Crippen molar-refractivity contribution in [3.8, 4) is 5.75 Å². The Morgan fingerprint density at radius 1 is 1.21 bits per heavy atom. The summed E-state index contributed by atoms with van der Waals surface area (Å²) in [6.45, 7) is 13.6. The molecule has 0 amide bonds. The number of hydrogen-bond donors (Lipinski definition) is 2. The smallest absolute Gasteiger partial charge is 0.347 e. The van der Waals surface area contributed by atoms with Crippen molar-refractivity contribution in [2.75, 3.05) is 0 Å². The van der Waals surface area contributed by atoms with Gasteiger partial charge in [-0.1, -0.05) is 13.8 Å². The standard InChI is InChI=1S/C24H30N2O3/c1-13(2)19-12-25-20-9-8-17(26-22(19)20)11-18-14(3)10-21(16(5)15(18)4)29-24(6,7)23(27)28/h8-10,12-13,25H,11H2,1-7H3,(H,27,28). The number of aromatic amines is 1. The van der Waals surface area contributed by atoms with E-state index in [2.05, 4.69) is 37.9 Å². The predicted octanol–water partition coefficient (Wildman–Crippen LogP) is 5.44. The van der Waals surface area contributed by atoms with Crippen molar-refractivity contribution in [1.29, 1.82) is 0 Å². The van der Waals surface area contributed by atoms with Gasteiger partial charge >= 0.3 is 5.97 Å². The minimum atomic E-state index is -1.28. The second-order valence-electron chi connectivity index (χ2n) is 8.61. The minimum absolute atomic E-state index is 0.409. The molecule has 0 fully saturated rings. The van der Waals surface area contributed by atoms with Crippen LogP contribution in [0, 0.1) is 20.8 Å². The lowest BCUT2D eigenvalue weighted by Gasteiger charge is -2.25. The van der Waals surface area contributed by atoms with E-state index < -0.39 is 11.6 Å². The van der Waals surface area contributed by atoms with Gasteiger partial charge in [-0.3, -0.25) is 4.98 Å². The highest BCUT2D eigenvalue weighted by Gasteiger charge is 2.30. The molecule has 5 heteroatoms. The Labute approximate surface area is 172 Å². The maximum atomic E-state index is 11.4. The number of carboxylic acids is 1. The van der Waals surface area contributed by atoms with Gasteiger partial charge in [-0.15, -0.1) is 0 Å². The maximum Gasteiger partial charge on any atom is 0.347 e. The number of aryl methyl sites for hydroxylation is 1. The third-order valence-electron chi connectivity index (χ3n) is 5.68. The van der Waals surface area contributed by atoms with Gasteiger partial charge in [0.15, 0.2) is 5.60 Å². The summed E-state index contributed by atoms with van der Waals surface area (Å²) in [5, 5.41) is 9.38. The van der Waals surface area contributed by atoms with Crippen LogP contribution in [0.5, 0.6) is 5.75 Å². The average molecular weight is 395 g/mol. The van der Waals surface area contributed by atoms with Gasteiger partial charge in [0.25, 0.3) is 0 Å². The summed E-state index contributed by atoms with van der Waals surface area (Å²) in [5.41, 5.74) is 7.41. The topological polar surface area (TPSA) is 75.2 Å². The van der Waals surface area contributed by atoms with E-state index in [0.717, 1.165) is 39.8 Å². The molecule has 154 valence electrons. The molecule has 2 aromatic heterocycles. The molecule has 5 nitrogen and oxygen atoms in total. The van der Waals surface area contributed by atoms with Gasteiger partial charge in [-0.25, -0.2) is 4.79 Å². The summed E-state index contributed by atoms with van der Waals surface area (Å²) >= 11 is 0. The molecule has 0 unspecified atom stereocenters. The summed E-state index contributed by atoms with van der Waals surface area (Å²) in [5.74, 6) is 0.0415. The second-order valence-corrected chi connectivity index (χ2v) is 8.61. The molecule has 3 aromatic rings. The molecule has 0 bridgehead atoms. The molecule has 2 heterocycles. The van der Waals surface area contributed by atoms with Crippen LogP contribution in [0.25, 0.3) is 11.0 Å². The highest BCUT2D eigenvalue weighted by molar-refractivity contribution is 5.79. The number of nitrogens with one attached hydrogen (secondary N) is 1. The zero-order valence-electron chi connectivity index (χ0n) is 18.3. The van der Waals surface area contributed by atoms with Crippen molar-refractivity contribution >= 4 is 17.0 Å². The third kappa shape index (κ3) is 4.00. The lowest BCUT2D eigenvalue weighted by Crippen LogP contribution is -2.38. The Balaban J connectivity index is 1.98. The summed E-state index contributed by atoms with van der Waals surface area (Å²) in [7, 11) is 0. The number of benzene rings is 1. The van der Waals surface area contributed by atoms with Crippen LogP contribution in [0.3, 0.4) is 0 Å². The van der Waals surface area contributed by atoms with Crippen LogP contribution in [0.15, 0.2) is 24.4 Å². The predicted molar refractivity (Wildman–Crippen MR) is 116 cm³/mol. The van der Waals surface area contributed by atoms with E-state index in [9.17, 15) is 9.90 Å². The van der Waals surface area contributed by atoms with Crippen LogP contribution >= 0.6 is 0 Å². The van der Waals surface area contributed by atoms with Crippen LogP contribution in [-0.2, 0) is 11.2 Å². The molecular formula is C24H30N2O3. The van der Waals surface area contributed by atoms with Crippen molar-refractivity contribution in [2.24, 2.45) is 0 Å². The third-order valence-corrected chi connectivity index (χ3v) is 5.68. The molecule has 0 saturated heterocycles. The van der Waals surface area contributed by atoms with Crippen molar-refractivity contribution in [3.63, 3.8) is 0 Å². The fourth-order valence-corrected chi connectivity index (χ4v) is 3.58. The van der Waals surface area contributed by atoms with Gasteiger partial charge in [-0.05, 0) is 86.6 Å². The zero-order chi connectivity index (χ0) is 21.5. The first-order valence-electron chi connectivity index (χ1n) is 10.00. The van der Waals surface area contributed by atoms with Gasteiger partial charge < -0.3 is 14.8 Å². The number of aliphatic carboxylic acids is 1. The first kappa shape index (κ1) is 20.9. The first-order chi connectivity index (χ1) is 13.5. The SMILES string of the molecule is Cc1cc(OC(C)(C)C(=O)O)c(C)c(C)c1Cc1ccc2[nH]cc(C(C)C)c2n1. The molecule has 0 radical (unpaired) electrons. The zero-order valence-corrected chi connectivity index (χ0v) is 18.3. The normalized spacial score (nSPS) is 12.0. The average Bonchev–Trinajstić information content (AvgIpc) is 3.06. The number of nitrogens with zero attached hydrogens (tertiary/aromatic N) is 1. The highest BCUT2D eigenvalue weighted by atomic mass is 16.5. The summed E-state index contributed by atoms with van der Waals surface area (Å²) < 4.78 is 5.83. The number of H-pyrrole nitrogens is 1. The van der Waals surface area contributed by atoms with Crippen molar-refractivity contribution in [1.82, 2.24) is 9.97 Å². The van der Waals surface area contributed by atoms with E-state index in [0.29, 0.717) is 11.7 Å². The molecule has 0 saturated carbocycles. The second kappa shape index (κ2) is 7.54. The largest absolute Gasteiger partial charge is 0.478 e. The van der Waals surface area contributed by atoms with Gasteiger partial charge in [0.05, 0.1) is 11.0 Å². The molecule has 0 aliphatic rings. The molecule has 0 atom stereocenters. The van der Waals surface area contributed by atoms with Crippen LogP contribution in [0.1, 0.15) is 67.1 Å². The van der Waals surface area contributed by atoms with Crippen LogP contribution in [0.4, 0.5) is 0 Å². The van der Waals surface area contributed by atoms with Crippen LogP contribution in [0.2, 0.25) is 0 Å². The molecule has 29 heavy (non-hydrogen) atoms. The lowest BCUT2D eigenvalue weighted by molar-refractivity contribution is -0.152. The van der Waals surface area contributed by atoms with Crippen LogP contribution in [-0.4, -0.2) is 26.6 Å². The highest BCUT2D eigenvalue weighted by Crippen LogP contribution is 2.32. The van der Waals surface area contributed by atoms with Crippen molar-refractivity contribution in [2.45, 2.75) is 66.4 Å². The number of fused-ring (bicyclic) bond motifs is 1. The van der Waals surface area contributed by atoms with Gasteiger partial charge in [0.1, 0.15) is 5.75 Å². The fraction of sp³-hybridized carbons (Fsp3) is 0.417. The number of ether oxygens (including phenoxy) is 1. The van der Waals surface area contributed by atoms with Gasteiger partial charge in [0, 0.05) is 18.3 Å². The molecular weight excluding hydrogens is 364 g/mol. The number of hydrogen-bond acceptors (Lipinski definition) is 3.